The Hall–Kier alpha value is -1.74. The van der Waals surface area contributed by atoms with Crippen LogP contribution in [0, 0.1) is 0 Å². The third-order valence-electron chi connectivity index (χ3n) is 8.72. The number of hydrogen-bond donors (Lipinski definition) is 2. The number of carbonyl (C=O) groups excluding carboxylic acids is 1. The number of rotatable bonds is 37. The smallest absolute Gasteiger partial charge is 0.472 e. The summed E-state index contributed by atoms with van der Waals surface area (Å²) in [4.78, 5) is 22.4. The van der Waals surface area contributed by atoms with Gasteiger partial charge in [0, 0.05) is 13.0 Å². The van der Waals surface area contributed by atoms with Gasteiger partial charge in [0.05, 0.1) is 31.7 Å². The van der Waals surface area contributed by atoms with E-state index in [1.54, 1.807) is 6.26 Å². The summed E-state index contributed by atoms with van der Waals surface area (Å²) in [6.07, 6.45) is 42.5. The molecule has 0 saturated carbocycles. The zero-order chi connectivity index (χ0) is 37.1. The van der Waals surface area contributed by atoms with E-state index >= 15 is 0 Å². The predicted molar refractivity (Wildman–Crippen MR) is 209 cm³/mol. The van der Waals surface area contributed by atoms with Crippen molar-refractivity contribution in [3.05, 3.63) is 48.8 Å². The lowest BCUT2D eigenvalue weighted by Gasteiger charge is -2.19. The van der Waals surface area contributed by atoms with Crippen LogP contribution in [0.25, 0.3) is 0 Å². The van der Waals surface area contributed by atoms with Crippen molar-refractivity contribution in [2.75, 3.05) is 26.4 Å². The van der Waals surface area contributed by atoms with Crippen molar-refractivity contribution in [2.45, 2.75) is 180 Å². The number of allylic oxidation sites excluding steroid dienone is 5. The second-order valence-corrected chi connectivity index (χ2v) is 15.1. The number of ether oxygens (including phenoxy) is 3. The molecule has 0 aromatic carbocycles. The van der Waals surface area contributed by atoms with E-state index in [0.29, 0.717) is 12.5 Å². The Morgan fingerprint density at radius 3 is 1.90 bits per heavy atom. The van der Waals surface area contributed by atoms with Gasteiger partial charge in [-0.05, 0) is 63.9 Å². The molecule has 0 aliphatic carbocycles. The molecule has 1 saturated heterocycles. The van der Waals surface area contributed by atoms with Crippen molar-refractivity contribution in [2.24, 2.45) is 5.73 Å². The molecule has 10 heteroatoms. The van der Waals surface area contributed by atoms with E-state index in [-0.39, 0.29) is 38.9 Å². The number of phosphoric acid groups is 1. The number of esters is 1. The highest BCUT2D eigenvalue weighted by Gasteiger charge is 2.36. The van der Waals surface area contributed by atoms with Gasteiger partial charge in [-0.1, -0.05) is 134 Å². The number of epoxide rings is 1. The summed E-state index contributed by atoms with van der Waals surface area (Å²) >= 11 is 0. The lowest BCUT2D eigenvalue weighted by Crippen LogP contribution is -2.27. The third kappa shape index (κ3) is 31.5. The molecule has 4 atom stereocenters. The summed E-state index contributed by atoms with van der Waals surface area (Å²) in [5.74, 6) is -0.412. The molecule has 3 N–H and O–H groups in total. The molecule has 0 spiro atoms. The molecule has 51 heavy (non-hydrogen) atoms. The topological polar surface area (TPSA) is 130 Å². The molecular weight excluding hydrogens is 665 g/mol. The van der Waals surface area contributed by atoms with Crippen LogP contribution in [0.5, 0.6) is 0 Å². The first-order valence-electron chi connectivity index (χ1n) is 20.3. The van der Waals surface area contributed by atoms with Crippen molar-refractivity contribution < 1.29 is 37.5 Å². The van der Waals surface area contributed by atoms with Gasteiger partial charge in [-0.25, -0.2) is 4.57 Å². The Balaban J connectivity index is 2.23. The van der Waals surface area contributed by atoms with E-state index < -0.39 is 19.9 Å². The van der Waals surface area contributed by atoms with Crippen LogP contribution in [0.4, 0.5) is 0 Å². The first kappa shape index (κ1) is 47.3. The first-order valence-corrected chi connectivity index (χ1v) is 21.8. The summed E-state index contributed by atoms with van der Waals surface area (Å²) in [6, 6.07) is 0. The van der Waals surface area contributed by atoms with Gasteiger partial charge in [0.15, 0.2) is 6.10 Å². The van der Waals surface area contributed by atoms with Crippen LogP contribution in [0.15, 0.2) is 48.8 Å². The van der Waals surface area contributed by atoms with E-state index in [0.717, 1.165) is 38.5 Å². The summed E-state index contributed by atoms with van der Waals surface area (Å²) in [5, 5.41) is 0. The van der Waals surface area contributed by atoms with Crippen molar-refractivity contribution in [1.29, 1.82) is 0 Å². The molecule has 0 amide bonds. The van der Waals surface area contributed by atoms with Gasteiger partial charge in [0.1, 0.15) is 6.61 Å². The van der Waals surface area contributed by atoms with Gasteiger partial charge >= 0.3 is 13.8 Å². The van der Waals surface area contributed by atoms with Crippen molar-refractivity contribution in [1.82, 2.24) is 0 Å². The lowest BCUT2D eigenvalue weighted by atomic mass is 10.0. The number of unbranched alkanes of at least 4 members (excludes halogenated alkanes) is 16. The minimum absolute atomic E-state index is 0.00493. The third-order valence-corrected chi connectivity index (χ3v) is 9.70. The molecule has 0 aromatic rings. The van der Waals surface area contributed by atoms with Crippen LogP contribution < -0.4 is 5.73 Å². The minimum Gasteiger partial charge on any atom is -0.498 e. The molecule has 296 valence electrons. The molecule has 1 aliphatic heterocycles. The molecule has 0 radical (unpaired) electrons. The van der Waals surface area contributed by atoms with E-state index in [1.807, 2.05) is 6.08 Å². The number of phosphoric ester groups is 1. The predicted octanol–water partition coefficient (Wildman–Crippen LogP) is 11.0. The van der Waals surface area contributed by atoms with Gasteiger partial charge < -0.3 is 24.8 Å². The molecule has 1 aliphatic rings. The highest BCUT2D eigenvalue weighted by molar-refractivity contribution is 7.47. The number of carbonyl (C=O) groups is 1. The Morgan fingerprint density at radius 2 is 1.24 bits per heavy atom. The molecule has 0 aromatic heterocycles. The zero-order valence-electron chi connectivity index (χ0n) is 32.3. The zero-order valence-corrected chi connectivity index (χ0v) is 33.2. The summed E-state index contributed by atoms with van der Waals surface area (Å²) in [5.41, 5.74) is 5.35. The fourth-order valence-corrected chi connectivity index (χ4v) is 6.35. The molecule has 9 nitrogen and oxygen atoms in total. The average molecular weight is 740 g/mol. The molecule has 1 fully saturated rings. The Kier molecular flexibility index (Phi) is 31.6. The van der Waals surface area contributed by atoms with Crippen LogP contribution in [0.1, 0.15) is 162 Å². The van der Waals surface area contributed by atoms with E-state index in [2.05, 4.69) is 50.3 Å². The maximum Gasteiger partial charge on any atom is 0.472 e. The molecular formula is C41H74NO8P. The average Bonchev–Trinajstić information content (AvgIpc) is 3.87. The minimum atomic E-state index is -4.31. The van der Waals surface area contributed by atoms with Gasteiger partial charge in [0.25, 0.3) is 0 Å². The van der Waals surface area contributed by atoms with Gasteiger partial charge in [-0.2, -0.15) is 0 Å². The Morgan fingerprint density at radius 1 is 0.706 bits per heavy atom. The monoisotopic (exact) mass is 740 g/mol. The summed E-state index contributed by atoms with van der Waals surface area (Å²) < 4.78 is 38.8. The van der Waals surface area contributed by atoms with E-state index in [4.69, 9.17) is 29.0 Å². The molecule has 1 rings (SSSR count). The Bertz CT molecular complexity index is 985. The number of nitrogens with two attached hydrogens (primary N) is 1. The summed E-state index contributed by atoms with van der Waals surface area (Å²) in [6.45, 7) is 4.12. The second-order valence-electron chi connectivity index (χ2n) is 13.6. The summed E-state index contributed by atoms with van der Waals surface area (Å²) in [7, 11) is -4.31. The largest absolute Gasteiger partial charge is 0.498 e. The first-order chi connectivity index (χ1) is 24.9. The molecule has 3 unspecified atom stereocenters. The van der Waals surface area contributed by atoms with Crippen LogP contribution in [0.3, 0.4) is 0 Å². The Labute approximate surface area is 311 Å². The van der Waals surface area contributed by atoms with E-state index in [9.17, 15) is 14.3 Å². The highest BCUT2D eigenvalue weighted by Crippen LogP contribution is 2.43. The normalized spacial score (nSPS) is 18.0. The molecule has 0 bridgehead atoms. The van der Waals surface area contributed by atoms with Gasteiger partial charge in [0.2, 0.25) is 0 Å². The van der Waals surface area contributed by atoms with Crippen molar-refractivity contribution >= 4 is 13.8 Å². The standard InChI is InChI=1S/C41H74NO8P/c1-3-5-7-9-11-13-14-15-16-17-19-21-25-29-34-46-36-38(37-48-51(44,45)47-35-33-42)49-41(43)32-28-24-23-27-31-40-39(50-40)30-26-22-20-18-12-10-8-6-4-2/h12,18,22-23,26-27,29,34,38-40H,3-11,13-17,19-21,24-25,28,30-33,35-37,42H2,1-2H3,(H,44,45)/b18-12-,26-22-,27-23-,34-29+/t38-,39?,40?/m1/s1. The SMILES string of the molecule is CCCCC/C=C\C/C=C\CC1OC1C/C=C\CCCC(=O)O[C@H](CO/C=C/CCCCCCCCCCCCCC)COP(=O)(O)OCCN. The fraction of sp³-hybridized carbons (Fsp3) is 0.780. The van der Waals surface area contributed by atoms with Crippen LogP contribution in [-0.2, 0) is 32.6 Å². The quantitative estimate of drug-likeness (QED) is 0.0160. The van der Waals surface area contributed by atoms with Crippen molar-refractivity contribution in [3.63, 3.8) is 0 Å². The van der Waals surface area contributed by atoms with Crippen LogP contribution in [0.2, 0.25) is 0 Å². The second kappa shape index (κ2) is 34.1. The fourth-order valence-electron chi connectivity index (χ4n) is 5.58. The maximum absolute atomic E-state index is 12.6. The van der Waals surface area contributed by atoms with Crippen LogP contribution in [-0.4, -0.2) is 55.5 Å². The highest BCUT2D eigenvalue weighted by atomic mass is 31.2. The lowest BCUT2D eigenvalue weighted by molar-refractivity contribution is -0.153. The van der Waals surface area contributed by atoms with Crippen LogP contribution >= 0.6 is 7.82 Å². The van der Waals surface area contributed by atoms with Gasteiger partial charge in [-0.3, -0.25) is 13.8 Å². The molecule has 1 heterocycles. The maximum atomic E-state index is 12.6. The van der Waals surface area contributed by atoms with Crippen molar-refractivity contribution in [3.8, 4) is 0 Å². The number of hydrogen-bond acceptors (Lipinski definition) is 8. The van der Waals surface area contributed by atoms with E-state index in [1.165, 1.54) is 96.3 Å². The van der Waals surface area contributed by atoms with Gasteiger partial charge in [-0.15, -0.1) is 0 Å².